The molecule has 12 rings (SSSR count). The van der Waals surface area contributed by atoms with Gasteiger partial charge in [-0.25, -0.2) is 24.9 Å². The first-order chi connectivity index (χ1) is 34.7. The van der Waals surface area contributed by atoms with Gasteiger partial charge in [0.05, 0.1) is 25.1 Å². The summed E-state index contributed by atoms with van der Waals surface area (Å²) in [7, 11) is 0. The molecule has 29 nitrogen and oxygen atoms in total. The maximum atomic E-state index is 4.71. The van der Waals surface area contributed by atoms with Crippen LogP contribution in [0.4, 0.5) is 0 Å². The first-order valence-electron chi connectivity index (χ1n) is 20.6. The Balaban J connectivity index is 0.000000393. The number of aromatic amines is 5. The average molecular weight is 1030 g/mol. The van der Waals surface area contributed by atoms with Crippen molar-refractivity contribution in [2.75, 3.05) is 0 Å². The first-order valence-corrected chi connectivity index (χ1v) is 22.3. The summed E-state index contributed by atoms with van der Waals surface area (Å²) in [5.41, 5.74) is 5.92. The minimum absolute atomic E-state index is 0.606. The Kier molecular flexibility index (Phi) is 34.6. The Morgan fingerprint density at radius 1 is 0.569 bits per heavy atom. The summed E-state index contributed by atoms with van der Waals surface area (Å²) in [5, 5.41) is 51.8. The number of nitrogens with zero attached hydrogens (tertiary/aromatic N) is 19. The molecule has 384 valence electrons. The van der Waals surface area contributed by atoms with Gasteiger partial charge in [-0.2, -0.15) is 24.7 Å². The fourth-order valence-electron chi connectivity index (χ4n) is 3.20. The van der Waals surface area contributed by atoms with Crippen molar-refractivity contribution in [3.8, 4) is 0 Å². The number of imidazole rings is 2. The van der Waals surface area contributed by atoms with Crippen molar-refractivity contribution >= 4 is 22.9 Å². The van der Waals surface area contributed by atoms with Crippen LogP contribution in [0.2, 0.25) is 0 Å². The van der Waals surface area contributed by atoms with Crippen LogP contribution < -0.4 is 0 Å². The quantitative estimate of drug-likeness (QED) is 0.100. The highest BCUT2D eigenvalue weighted by atomic mass is 32.1. The van der Waals surface area contributed by atoms with E-state index in [0.29, 0.717) is 11.8 Å². The Morgan fingerprint density at radius 2 is 1.33 bits per heavy atom. The van der Waals surface area contributed by atoms with Crippen LogP contribution in [0.15, 0.2) is 128 Å². The second-order valence-corrected chi connectivity index (χ2v) is 15.0. The summed E-state index contributed by atoms with van der Waals surface area (Å²) in [6.45, 7) is 22.5. The summed E-state index contributed by atoms with van der Waals surface area (Å²) in [5.74, 6) is 4.64. The van der Waals surface area contributed by atoms with Crippen molar-refractivity contribution in [1.29, 1.82) is 0 Å². The predicted molar refractivity (Wildman–Crippen MR) is 261 cm³/mol. The zero-order valence-electron chi connectivity index (χ0n) is 41.7. The fraction of sp³-hybridized carbons (Fsp3) is 0.293. The second kappa shape index (κ2) is 40.9. The molecule has 0 bridgehead atoms. The monoisotopic (exact) mass is 1030 g/mol. The molecule has 12 aromatic heterocycles. The Morgan fingerprint density at radius 3 is 1.49 bits per heavy atom. The normalized spacial score (nSPS) is 8.83. The molecule has 0 radical (unpaired) electrons. The first kappa shape index (κ1) is 60.9. The largest absolute Gasteiger partial charge is 0.472 e. The van der Waals surface area contributed by atoms with Gasteiger partial charge in [0.25, 0.3) is 0 Å². The minimum Gasteiger partial charge on any atom is -0.472 e. The van der Waals surface area contributed by atoms with E-state index in [9.17, 15) is 0 Å². The van der Waals surface area contributed by atoms with E-state index in [2.05, 4.69) is 139 Å². The third kappa shape index (κ3) is 38.9. The van der Waals surface area contributed by atoms with Crippen molar-refractivity contribution in [2.24, 2.45) is 0 Å². The van der Waals surface area contributed by atoms with Crippen molar-refractivity contribution in [3.05, 3.63) is 173 Å². The van der Waals surface area contributed by atoms with Gasteiger partial charge in [0, 0.05) is 60.6 Å². The van der Waals surface area contributed by atoms with Crippen LogP contribution in [0.25, 0.3) is 0 Å². The van der Waals surface area contributed by atoms with E-state index in [-0.39, 0.29) is 0 Å². The molecule has 0 unspecified atom stereocenters. The highest BCUT2D eigenvalue weighted by Crippen LogP contribution is 1.95. The Labute approximate surface area is 421 Å². The molecule has 0 spiro atoms. The SMILES string of the molecule is Cc1ccn[nH]1.Cc1ccoc1.Cc1cnc[nH]1.Cc1cnno1.Cc1conn1.Cc1ncc[nH]1.Cc1ncn[nH]1.Cc1ncn[nH]1.Cc1ncno1.Cc1ncns1.Cc1nnco1.Cc1nncs1. The molecule has 5 N–H and O–H groups in total. The number of furan rings is 1. The van der Waals surface area contributed by atoms with Gasteiger partial charge < -0.3 is 32.4 Å². The molecular weight excluding hydrogens is 973 g/mol. The predicted octanol–water partition coefficient (Wildman–Crippen LogP) is 7.17. The lowest BCUT2D eigenvalue weighted by atomic mass is 10.4. The second-order valence-electron chi connectivity index (χ2n) is 13.0. The van der Waals surface area contributed by atoms with Crippen LogP contribution in [0.3, 0.4) is 0 Å². The standard InChI is InChI=1S/C5H6O.3C4H6N2.2C3H5N3.4C3H4N2O.2C3H4N2S/c1-5-2-3-6-4-5;1-4-2-5-3-6-4;1-4-5-2-3-6-4;1-4-2-3-5-6-4;2*1-3-4-2-5-6-3;1-3-5-4-2-6-3;1-3-4-2-5-6-3;1-3-2-6-5-4-3;1-3-2-4-5-6-3;1-3-5-4-2-6-3;1-3-4-2-5-6-3/h2-4H,1H3;3*2-3H,1H3,(H,5,6);2*2H,1H3,(H,4,5,6);6*2H,1H3. The Bertz CT molecular complexity index is 2040. The number of nitrogens with one attached hydrogen (secondary N) is 5. The molecule has 31 heteroatoms. The van der Waals surface area contributed by atoms with E-state index in [1.165, 1.54) is 48.7 Å². The molecule has 0 amide bonds. The van der Waals surface area contributed by atoms with E-state index in [1.807, 2.05) is 74.4 Å². The van der Waals surface area contributed by atoms with Gasteiger partial charge in [0.2, 0.25) is 18.2 Å². The molecule has 0 saturated heterocycles. The maximum Gasteiger partial charge on any atom is 0.223 e. The third-order valence-electron chi connectivity index (χ3n) is 6.47. The van der Waals surface area contributed by atoms with E-state index < -0.39 is 0 Å². The lowest BCUT2D eigenvalue weighted by molar-refractivity contribution is 0.374. The summed E-state index contributed by atoms with van der Waals surface area (Å²) < 4.78 is 26.4. The number of H-pyrrole nitrogens is 5. The van der Waals surface area contributed by atoms with Gasteiger partial charge in [-0.05, 0) is 98.5 Å². The molecule has 0 aliphatic rings. The molecule has 0 saturated carbocycles. The summed E-state index contributed by atoms with van der Waals surface area (Å²) in [6.07, 6.45) is 22.3. The molecule has 72 heavy (non-hydrogen) atoms. The van der Waals surface area contributed by atoms with E-state index in [4.69, 9.17) is 4.42 Å². The topological polar surface area (TPSA) is 390 Å². The lowest BCUT2D eigenvalue weighted by Gasteiger charge is -1.68. The smallest absolute Gasteiger partial charge is 0.223 e. The zero-order valence-corrected chi connectivity index (χ0v) is 43.3. The van der Waals surface area contributed by atoms with Crippen LogP contribution in [0, 0.1) is 83.1 Å². The highest BCUT2D eigenvalue weighted by molar-refractivity contribution is 7.09. The van der Waals surface area contributed by atoms with Crippen LogP contribution in [-0.2, 0) is 0 Å². The zero-order chi connectivity index (χ0) is 52.9. The Hall–Kier alpha value is -9.13. The molecule has 0 aliphatic heterocycles. The molecule has 12 aromatic rings. The van der Waals surface area contributed by atoms with Crippen molar-refractivity contribution in [1.82, 2.24) is 121 Å². The third-order valence-corrected chi connectivity index (χ3v) is 7.66. The van der Waals surface area contributed by atoms with Gasteiger partial charge in [0.15, 0.2) is 12.1 Å². The summed E-state index contributed by atoms with van der Waals surface area (Å²) >= 11 is 2.97. The van der Waals surface area contributed by atoms with Crippen molar-refractivity contribution < 1.29 is 22.4 Å². The molecular formula is C41H58N24O5S2. The van der Waals surface area contributed by atoms with Gasteiger partial charge >= 0.3 is 0 Å². The number of hydrogen-bond acceptors (Lipinski definition) is 26. The number of rotatable bonds is 0. The lowest BCUT2D eigenvalue weighted by Crippen LogP contribution is -1.68. The van der Waals surface area contributed by atoms with E-state index in [1.54, 1.807) is 93.8 Å². The van der Waals surface area contributed by atoms with Crippen molar-refractivity contribution in [2.45, 2.75) is 83.1 Å². The molecule has 0 atom stereocenters. The van der Waals surface area contributed by atoms with Crippen LogP contribution in [0.5, 0.6) is 0 Å². The van der Waals surface area contributed by atoms with Crippen LogP contribution in [-0.4, -0.2) is 121 Å². The number of aromatic nitrogens is 24. The summed E-state index contributed by atoms with van der Waals surface area (Å²) in [4.78, 5) is 28.4. The van der Waals surface area contributed by atoms with Gasteiger partial charge in [-0.15, -0.1) is 41.9 Å². The summed E-state index contributed by atoms with van der Waals surface area (Å²) in [6, 6.07) is 3.83. The maximum absolute atomic E-state index is 4.71. The highest BCUT2D eigenvalue weighted by Gasteiger charge is 1.83. The van der Waals surface area contributed by atoms with Gasteiger partial charge in [-0.3, -0.25) is 15.3 Å². The average Bonchev–Trinajstić information content (AvgIpc) is 4.18. The molecule has 0 fully saturated rings. The van der Waals surface area contributed by atoms with Crippen LogP contribution >= 0.6 is 22.9 Å². The number of aryl methyl sites for hydroxylation is 12. The van der Waals surface area contributed by atoms with E-state index in [0.717, 1.165) is 50.3 Å². The number of hydrogen-bond donors (Lipinski definition) is 5. The van der Waals surface area contributed by atoms with Crippen molar-refractivity contribution in [3.63, 3.8) is 0 Å². The molecule has 12 heterocycles. The van der Waals surface area contributed by atoms with Crippen LogP contribution in [0.1, 0.15) is 67.7 Å². The van der Waals surface area contributed by atoms with Gasteiger partial charge in [-0.1, -0.05) is 5.16 Å². The van der Waals surface area contributed by atoms with E-state index >= 15 is 0 Å². The fourth-order valence-corrected chi connectivity index (χ4v) is 3.88. The minimum atomic E-state index is 0.606. The molecule has 0 aromatic carbocycles. The van der Waals surface area contributed by atoms with Gasteiger partial charge in [0.1, 0.15) is 63.9 Å². The molecule has 0 aliphatic carbocycles.